The Morgan fingerprint density at radius 2 is 1.72 bits per heavy atom. The quantitative estimate of drug-likeness (QED) is 0.261. The van der Waals surface area contributed by atoms with Gasteiger partial charge in [0.25, 0.3) is 0 Å². The van der Waals surface area contributed by atoms with Crippen LogP contribution in [0.3, 0.4) is 0 Å². The van der Waals surface area contributed by atoms with Crippen molar-refractivity contribution in [1.82, 2.24) is 14.7 Å². The van der Waals surface area contributed by atoms with Crippen LogP contribution in [-0.4, -0.2) is 92.6 Å². The molecule has 1 aromatic carbocycles. The number of aliphatic hydroxyl groups is 1. The zero-order chi connectivity index (χ0) is 34.1. The van der Waals surface area contributed by atoms with Crippen LogP contribution in [0.25, 0.3) is 0 Å². The molecule has 8 heteroatoms. The van der Waals surface area contributed by atoms with E-state index in [9.17, 15) is 9.90 Å². The monoisotopic (exact) mass is 635 g/mol. The van der Waals surface area contributed by atoms with E-state index in [1.165, 1.54) is 0 Å². The summed E-state index contributed by atoms with van der Waals surface area (Å²) in [6.45, 7) is 23.4. The fraction of sp³-hybridized carbons (Fsp3) is 0.658. The average Bonchev–Trinajstić information content (AvgIpc) is 3.60. The maximum Gasteiger partial charge on any atom is 0.249 e. The highest BCUT2D eigenvalue weighted by Gasteiger charge is 2.79. The first-order chi connectivity index (χ1) is 21.7. The minimum Gasteiger partial charge on any atom is -0.394 e. The molecule has 1 spiro atoms. The lowest BCUT2D eigenvalue weighted by Gasteiger charge is -2.46. The molecular weight excluding hydrogens is 578 g/mol. The van der Waals surface area contributed by atoms with Crippen molar-refractivity contribution >= 4 is 17.7 Å². The van der Waals surface area contributed by atoms with E-state index in [1.807, 2.05) is 49.1 Å². The summed E-state index contributed by atoms with van der Waals surface area (Å²) in [4.78, 5) is 50.0. The second kappa shape index (κ2) is 13.6. The molecule has 3 heterocycles. The molecule has 254 valence electrons. The molecular formula is C38H57N3O5. The number of likely N-dealkylation sites (tertiary alicyclic amines) is 1. The molecule has 3 fully saturated rings. The molecule has 4 rings (SSSR count). The summed E-state index contributed by atoms with van der Waals surface area (Å²) < 4.78 is 7.09. The van der Waals surface area contributed by atoms with Gasteiger partial charge in [0, 0.05) is 25.2 Å². The maximum absolute atomic E-state index is 15.2. The number of ether oxygens (including phenoxy) is 1. The normalized spacial score (nSPS) is 27.8. The van der Waals surface area contributed by atoms with Gasteiger partial charge in [0.05, 0.1) is 30.1 Å². The highest BCUT2D eigenvalue weighted by atomic mass is 16.5. The maximum atomic E-state index is 15.2. The lowest BCUT2D eigenvalue weighted by Crippen LogP contribution is -2.62. The van der Waals surface area contributed by atoms with Gasteiger partial charge in [0.2, 0.25) is 17.7 Å². The first-order valence-corrected chi connectivity index (χ1v) is 17.2. The molecule has 0 aliphatic carbocycles. The first-order valence-electron chi connectivity index (χ1n) is 17.2. The predicted octanol–water partition coefficient (Wildman–Crippen LogP) is 5.40. The van der Waals surface area contributed by atoms with E-state index in [0.717, 1.165) is 18.4 Å². The van der Waals surface area contributed by atoms with Gasteiger partial charge >= 0.3 is 0 Å². The van der Waals surface area contributed by atoms with Gasteiger partial charge in [0.15, 0.2) is 0 Å². The summed E-state index contributed by atoms with van der Waals surface area (Å²) in [6, 6.07) is 8.06. The second-order valence-corrected chi connectivity index (χ2v) is 15.5. The Hall–Kier alpha value is -2.97. The summed E-state index contributed by atoms with van der Waals surface area (Å²) >= 11 is 0. The van der Waals surface area contributed by atoms with Gasteiger partial charge in [-0.3, -0.25) is 14.4 Å². The standard InChI is InChI=1S/C38H57N3O5/c1-10-21-39(22-11-2)32(43)29-30-33(44)41(28(25-42)24-27-17-15-14-16-18-27)31(38(30)20-19-37(29,13-4)46-38)34(45)40(23-12-3)36(8,9)26-35(5,6)7/h10,12,14-18,28-31,42H,1,3,11,13,19-26H2,2,4-9H3/t28-,29-,30+,31?,37+,38?/m1/s1. The van der Waals surface area contributed by atoms with Crippen LogP contribution in [-0.2, 0) is 25.5 Å². The van der Waals surface area contributed by atoms with Crippen LogP contribution in [0.5, 0.6) is 0 Å². The van der Waals surface area contributed by atoms with Gasteiger partial charge in [-0.15, -0.1) is 13.2 Å². The van der Waals surface area contributed by atoms with Crippen molar-refractivity contribution < 1.29 is 24.2 Å². The first kappa shape index (κ1) is 35.9. The molecule has 1 N–H and O–H groups in total. The number of nitrogens with zero attached hydrogens (tertiary/aromatic N) is 3. The number of amides is 3. The Bertz CT molecular complexity index is 1290. The zero-order valence-electron chi connectivity index (χ0n) is 29.3. The van der Waals surface area contributed by atoms with Gasteiger partial charge in [-0.05, 0) is 63.4 Å². The van der Waals surface area contributed by atoms with E-state index >= 15 is 9.59 Å². The van der Waals surface area contributed by atoms with E-state index in [-0.39, 0.29) is 29.7 Å². The van der Waals surface area contributed by atoms with Crippen molar-refractivity contribution in [1.29, 1.82) is 0 Å². The number of aliphatic hydroxyl groups excluding tert-OH is 1. The largest absolute Gasteiger partial charge is 0.394 e. The molecule has 1 aromatic rings. The number of fused-ring (bicyclic) bond motifs is 1. The molecule has 3 aliphatic rings. The summed E-state index contributed by atoms with van der Waals surface area (Å²) in [5.41, 5.74) is -1.71. The average molecular weight is 636 g/mol. The summed E-state index contributed by atoms with van der Waals surface area (Å²) in [5, 5.41) is 10.9. The highest BCUT2D eigenvalue weighted by Crippen LogP contribution is 2.65. The number of hydrogen-bond acceptors (Lipinski definition) is 5. The van der Waals surface area contributed by atoms with Crippen molar-refractivity contribution in [2.45, 2.75) is 116 Å². The fourth-order valence-corrected chi connectivity index (χ4v) is 9.06. The third kappa shape index (κ3) is 6.32. The summed E-state index contributed by atoms with van der Waals surface area (Å²) in [6.07, 6.45) is 6.96. The van der Waals surface area contributed by atoms with Crippen molar-refractivity contribution in [2.24, 2.45) is 17.3 Å². The molecule has 3 amide bonds. The summed E-state index contributed by atoms with van der Waals surface area (Å²) in [5.74, 6) is -2.15. The lowest BCUT2D eigenvalue weighted by atomic mass is 9.64. The predicted molar refractivity (Wildman–Crippen MR) is 182 cm³/mol. The van der Waals surface area contributed by atoms with E-state index < -0.39 is 40.7 Å². The number of rotatable bonds is 15. The summed E-state index contributed by atoms with van der Waals surface area (Å²) in [7, 11) is 0. The molecule has 2 unspecified atom stereocenters. The molecule has 0 radical (unpaired) electrons. The van der Waals surface area contributed by atoms with Crippen molar-refractivity contribution in [3.63, 3.8) is 0 Å². The Morgan fingerprint density at radius 1 is 1.07 bits per heavy atom. The molecule has 2 bridgehead atoms. The molecule has 0 aromatic heterocycles. The fourth-order valence-electron chi connectivity index (χ4n) is 9.06. The highest BCUT2D eigenvalue weighted by molar-refractivity contribution is 5.99. The van der Waals surface area contributed by atoms with Crippen LogP contribution >= 0.6 is 0 Å². The van der Waals surface area contributed by atoms with Gasteiger partial charge in [-0.1, -0.05) is 77.1 Å². The van der Waals surface area contributed by atoms with E-state index in [4.69, 9.17) is 4.74 Å². The Balaban J connectivity index is 1.89. The molecule has 8 nitrogen and oxygen atoms in total. The van der Waals surface area contributed by atoms with Gasteiger partial charge in [-0.25, -0.2) is 0 Å². The van der Waals surface area contributed by atoms with Gasteiger partial charge < -0.3 is 24.5 Å². The Morgan fingerprint density at radius 3 is 2.26 bits per heavy atom. The van der Waals surface area contributed by atoms with Crippen LogP contribution in [0.15, 0.2) is 55.6 Å². The zero-order valence-corrected chi connectivity index (χ0v) is 29.3. The van der Waals surface area contributed by atoms with Crippen molar-refractivity contribution in [3.05, 3.63) is 61.2 Å². The minimum absolute atomic E-state index is 0.0733. The SMILES string of the molecule is C=CCN(CCC)C(=O)[C@H]1[C@H]2C(=O)N([C@@H](CO)Cc3ccccc3)C(C(=O)N(CC=C)C(C)(C)CC(C)(C)C)C23CC[C@]1(CC)O3. The second-order valence-electron chi connectivity index (χ2n) is 15.5. The smallest absolute Gasteiger partial charge is 0.249 e. The van der Waals surface area contributed by atoms with Gasteiger partial charge in [0.1, 0.15) is 11.6 Å². The van der Waals surface area contributed by atoms with Crippen LogP contribution < -0.4 is 0 Å². The number of carbonyl (C=O) groups is 3. The number of benzene rings is 1. The van der Waals surface area contributed by atoms with Crippen LogP contribution in [0.4, 0.5) is 0 Å². The van der Waals surface area contributed by atoms with Crippen molar-refractivity contribution in [3.8, 4) is 0 Å². The Kier molecular flexibility index (Phi) is 10.6. The van der Waals surface area contributed by atoms with E-state index in [2.05, 4.69) is 47.8 Å². The third-order valence-corrected chi connectivity index (χ3v) is 10.5. The molecule has 3 saturated heterocycles. The van der Waals surface area contributed by atoms with Crippen molar-refractivity contribution in [2.75, 3.05) is 26.2 Å². The molecule has 6 atom stereocenters. The van der Waals surface area contributed by atoms with Crippen LogP contribution in [0, 0.1) is 17.3 Å². The third-order valence-electron chi connectivity index (χ3n) is 10.5. The van der Waals surface area contributed by atoms with Crippen LogP contribution in [0.2, 0.25) is 0 Å². The molecule has 0 saturated carbocycles. The van der Waals surface area contributed by atoms with Crippen LogP contribution in [0.1, 0.15) is 86.1 Å². The number of hydrogen-bond donors (Lipinski definition) is 1. The van der Waals surface area contributed by atoms with E-state index in [0.29, 0.717) is 45.3 Å². The van der Waals surface area contributed by atoms with E-state index in [1.54, 1.807) is 22.0 Å². The lowest BCUT2D eigenvalue weighted by molar-refractivity contribution is -0.161. The Labute approximate surface area is 276 Å². The topological polar surface area (TPSA) is 90.4 Å². The van der Waals surface area contributed by atoms with Gasteiger partial charge in [-0.2, -0.15) is 0 Å². The number of carbonyl (C=O) groups excluding carboxylic acids is 3. The minimum atomic E-state index is -1.18. The molecule has 3 aliphatic heterocycles. The molecule has 46 heavy (non-hydrogen) atoms.